The number of furan rings is 1. The molecular weight excluding hydrogens is 360 g/mol. The van der Waals surface area contributed by atoms with Gasteiger partial charge in [0.25, 0.3) is 5.91 Å². The number of ether oxygens (including phenoxy) is 1. The van der Waals surface area contributed by atoms with E-state index in [0.717, 1.165) is 0 Å². The molecule has 0 aliphatic carbocycles. The van der Waals surface area contributed by atoms with Gasteiger partial charge in [-0.25, -0.2) is 13.2 Å². The second-order valence-corrected chi connectivity index (χ2v) is 7.62. The first-order chi connectivity index (χ1) is 12.5. The molecule has 1 aliphatic rings. The van der Waals surface area contributed by atoms with Gasteiger partial charge in [0.05, 0.1) is 16.7 Å². The molecule has 0 radical (unpaired) electrons. The van der Waals surface area contributed by atoms with E-state index in [0.29, 0.717) is 0 Å². The van der Waals surface area contributed by atoms with Crippen molar-refractivity contribution in [1.29, 1.82) is 0 Å². The van der Waals surface area contributed by atoms with E-state index < -0.39 is 22.6 Å². The highest BCUT2D eigenvalue weighted by Gasteiger charge is 2.30. The molecule has 1 aromatic heterocycles. The van der Waals surface area contributed by atoms with Crippen molar-refractivity contribution in [3.05, 3.63) is 54.5 Å². The fourth-order valence-corrected chi connectivity index (χ4v) is 4.05. The molecule has 0 atom stereocenters. The van der Waals surface area contributed by atoms with Crippen molar-refractivity contribution in [2.75, 3.05) is 32.8 Å². The van der Waals surface area contributed by atoms with Gasteiger partial charge < -0.3 is 14.1 Å². The lowest BCUT2D eigenvalue weighted by Gasteiger charge is -2.33. The molecule has 2 aromatic rings. The summed E-state index contributed by atoms with van der Waals surface area (Å²) in [4.78, 5) is 25.6. The van der Waals surface area contributed by atoms with Gasteiger partial charge in [-0.15, -0.1) is 0 Å². The maximum absolute atomic E-state index is 12.6. The van der Waals surface area contributed by atoms with Gasteiger partial charge in [0.1, 0.15) is 6.26 Å². The predicted octanol–water partition coefficient (Wildman–Crippen LogP) is 0.970. The second-order valence-electron chi connectivity index (χ2n) is 5.69. The van der Waals surface area contributed by atoms with Crippen LogP contribution in [0.15, 0.2) is 58.2 Å². The molecule has 1 aromatic carbocycles. The number of carbonyl (C=O) groups excluding carboxylic acids is 2. The van der Waals surface area contributed by atoms with Crippen LogP contribution in [0.25, 0.3) is 0 Å². The van der Waals surface area contributed by atoms with Crippen LogP contribution in [0.2, 0.25) is 0 Å². The monoisotopic (exact) mass is 378 g/mol. The largest absolute Gasteiger partial charge is 0.472 e. The van der Waals surface area contributed by atoms with E-state index in [-0.39, 0.29) is 42.5 Å². The maximum Gasteiger partial charge on any atom is 0.341 e. The number of amides is 1. The molecule has 0 N–H and O–H groups in total. The number of esters is 1. The van der Waals surface area contributed by atoms with Gasteiger partial charge in [0, 0.05) is 26.2 Å². The lowest BCUT2D eigenvalue weighted by atomic mass is 10.3. The number of nitrogens with zero attached hydrogens (tertiary/aromatic N) is 2. The van der Waals surface area contributed by atoms with Crippen molar-refractivity contribution >= 4 is 21.9 Å². The highest BCUT2D eigenvalue weighted by atomic mass is 32.2. The third-order valence-electron chi connectivity index (χ3n) is 4.06. The number of sulfonamides is 1. The van der Waals surface area contributed by atoms with Crippen LogP contribution < -0.4 is 0 Å². The summed E-state index contributed by atoms with van der Waals surface area (Å²) in [7, 11) is -3.57. The van der Waals surface area contributed by atoms with Gasteiger partial charge in [0.2, 0.25) is 10.0 Å². The SMILES string of the molecule is O=C(OCC(=O)N1CCN(S(=O)(=O)c2ccccc2)CC1)c1ccoc1. The molecule has 138 valence electrons. The summed E-state index contributed by atoms with van der Waals surface area (Å²) < 4.78 is 36.2. The third kappa shape index (κ3) is 3.94. The quantitative estimate of drug-likeness (QED) is 0.719. The highest BCUT2D eigenvalue weighted by molar-refractivity contribution is 7.89. The Bertz CT molecular complexity index is 856. The summed E-state index contributed by atoms with van der Waals surface area (Å²) in [6.45, 7) is 0.481. The number of rotatable bonds is 5. The molecule has 26 heavy (non-hydrogen) atoms. The second kappa shape index (κ2) is 7.71. The molecular formula is C17H18N2O6S. The van der Waals surface area contributed by atoms with Gasteiger partial charge in [0.15, 0.2) is 6.61 Å². The van der Waals surface area contributed by atoms with Gasteiger partial charge in [-0.3, -0.25) is 4.79 Å². The van der Waals surface area contributed by atoms with Crippen LogP contribution in [0.1, 0.15) is 10.4 Å². The van der Waals surface area contributed by atoms with E-state index in [9.17, 15) is 18.0 Å². The van der Waals surface area contributed by atoms with Crippen LogP contribution in [-0.4, -0.2) is 62.3 Å². The first-order valence-corrected chi connectivity index (χ1v) is 9.45. The number of benzene rings is 1. The molecule has 8 nitrogen and oxygen atoms in total. The summed E-state index contributed by atoms with van der Waals surface area (Å²) in [6, 6.07) is 9.62. The maximum atomic E-state index is 12.6. The number of piperazine rings is 1. The molecule has 1 aliphatic heterocycles. The summed E-state index contributed by atoms with van der Waals surface area (Å²) in [6.07, 6.45) is 2.57. The number of hydrogen-bond donors (Lipinski definition) is 0. The van der Waals surface area contributed by atoms with Crippen LogP contribution >= 0.6 is 0 Å². The Labute approximate surface area is 151 Å². The fourth-order valence-electron chi connectivity index (χ4n) is 2.60. The van der Waals surface area contributed by atoms with Gasteiger partial charge in [-0.1, -0.05) is 18.2 Å². The average molecular weight is 378 g/mol. The van der Waals surface area contributed by atoms with Gasteiger partial charge in [-0.2, -0.15) is 4.31 Å². The minimum Gasteiger partial charge on any atom is -0.472 e. The standard InChI is InChI=1S/C17H18N2O6S/c20-16(13-25-17(21)14-6-11-24-12-14)18-7-9-19(10-8-18)26(22,23)15-4-2-1-3-5-15/h1-6,11-12H,7-10,13H2. The van der Waals surface area contributed by atoms with Crippen molar-refractivity contribution in [1.82, 2.24) is 9.21 Å². The van der Waals surface area contributed by atoms with Crippen molar-refractivity contribution in [3.63, 3.8) is 0 Å². The predicted molar refractivity (Wildman–Crippen MR) is 90.8 cm³/mol. The van der Waals surface area contributed by atoms with Crippen LogP contribution in [-0.2, 0) is 19.6 Å². The Morgan fingerprint density at radius 2 is 1.73 bits per heavy atom. The van der Waals surface area contributed by atoms with Crippen LogP contribution in [0.4, 0.5) is 0 Å². The lowest BCUT2D eigenvalue weighted by Crippen LogP contribution is -2.51. The molecule has 3 rings (SSSR count). The normalized spacial score (nSPS) is 15.6. The zero-order chi connectivity index (χ0) is 18.6. The molecule has 9 heteroatoms. The van der Waals surface area contributed by atoms with E-state index in [1.54, 1.807) is 30.3 Å². The minimum absolute atomic E-state index is 0.193. The molecule has 1 fully saturated rings. The smallest absolute Gasteiger partial charge is 0.341 e. The lowest BCUT2D eigenvalue weighted by molar-refractivity contribution is -0.135. The first-order valence-electron chi connectivity index (χ1n) is 8.01. The summed E-state index contributed by atoms with van der Waals surface area (Å²) in [5.41, 5.74) is 0.233. The molecule has 1 saturated heterocycles. The van der Waals surface area contributed by atoms with Crippen LogP contribution in [0.5, 0.6) is 0 Å². The van der Waals surface area contributed by atoms with Crippen molar-refractivity contribution in [3.8, 4) is 0 Å². The van der Waals surface area contributed by atoms with Crippen LogP contribution in [0.3, 0.4) is 0 Å². The van der Waals surface area contributed by atoms with Crippen molar-refractivity contribution < 1.29 is 27.2 Å². The third-order valence-corrected chi connectivity index (χ3v) is 5.97. The summed E-state index contributed by atoms with van der Waals surface area (Å²) in [5, 5.41) is 0. The van der Waals surface area contributed by atoms with E-state index >= 15 is 0 Å². The van der Waals surface area contributed by atoms with Crippen molar-refractivity contribution in [2.45, 2.75) is 4.90 Å². The fraction of sp³-hybridized carbons (Fsp3) is 0.294. The topological polar surface area (TPSA) is 97.1 Å². The Kier molecular flexibility index (Phi) is 5.38. The zero-order valence-electron chi connectivity index (χ0n) is 13.9. The highest BCUT2D eigenvalue weighted by Crippen LogP contribution is 2.17. The Balaban J connectivity index is 1.52. The average Bonchev–Trinajstić information content (AvgIpc) is 3.21. The van der Waals surface area contributed by atoms with E-state index in [1.165, 1.54) is 27.8 Å². The Morgan fingerprint density at radius 1 is 1.04 bits per heavy atom. The molecule has 0 bridgehead atoms. The van der Waals surface area contributed by atoms with E-state index in [1.807, 2.05) is 0 Å². The first kappa shape index (κ1) is 18.2. The van der Waals surface area contributed by atoms with E-state index in [4.69, 9.17) is 9.15 Å². The summed E-state index contributed by atoms with van der Waals surface area (Å²) in [5.74, 6) is -1.00. The van der Waals surface area contributed by atoms with Crippen LogP contribution in [0, 0.1) is 0 Å². The Morgan fingerprint density at radius 3 is 2.35 bits per heavy atom. The van der Waals surface area contributed by atoms with Gasteiger partial charge >= 0.3 is 5.97 Å². The molecule has 1 amide bonds. The number of carbonyl (C=O) groups is 2. The molecule has 0 spiro atoms. The number of hydrogen-bond acceptors (Lipinski definition) is 6. The Hall–Kier alpha value is -2.65. The zero-order valence-corrected chi connectivity index (χ0v) is 14.7. The minimum atomic E-state index is -3.57. The van der Waals surface area contributed by atoms with E-state index in [2.05, 4.69) is 0 Å². The van der Waals surface area contributed by atoms with Crippen molar-refractivity contribution in [2.24, 2.45) is 0 Å². The molecule has 0 saturated carbocycles. The summed E-state index contributed by atoms with van der Waals surface area (Å²) >= 11 is 0. The molecule has 2 heterocycles. The molecule has 0 unspecified atom stereocenters. The van der Waals surface area contributed by atoms with Gasteiger partial charge in [-0.05, 0) is 18.2 Å².